The lowest BCUT2D eigenvalue weighted by molar-refractivity contribution is -0.140. The summed E-state index contributed by atoms with van der Waals surface area (Å²) >= 11 is 0. The van der Waals surface area contributed by atoms with Crippen LogP contribution in [0.5, 0.6) is 11.5 Å². The minimum absolute atomic E-state index is 0.0953. The smallest absolute Gasteiger partial charge is 0.295 e. The number of ether oxygens (including phenoxy) is 2. The van der Waals surface area contributed by atoms with Crippen LogP contribution in [-0.4, -0.2) is 67.0 Å². The number of nitrogens with zero attached hydrogens (tertiary/aromatic N) is 2. The molecule has 7 nitrogen and oxygen atoms in total. The van der Waals surface area contributed by atoms with Crippen molar-refractivity contribution >= 4 is 17.4 Å². The molecule has 1 amide bonds. The Hall–Kier alpha value is -4.10. The van der Waals surface area contributed by atoms with Crippen LogP contribution in [0.25, 0.3) is 5.76 Å². The molecule has 0 aliphatic carbocycles. The summed E-state index contributed by atoms with van der Waals surface area (Å²) in [5.41, 5.74) is 3.41. The maximum absolute atomic E-state index is 13.1. The zero-order valence-electron chi connectivity index (χ0n) is 22.3. The molecule has 0 aromatic heterocycles. The van der Waals surface area contributed by atoms with E-state index in [9.17, 15) is 14.7 Å². The SMILES string of the molecule is Cc1ccc(/C(O)=C2/C(=O)C(=O)N(CCN(C)C)C2c2ccc(OCCOc3ccccc3C)cc2)cc1. The van der Waals surface area contributed by atoms with Gasteiger partial charge in [0.15, 0.2) is 0 Å². The number of para-hydroxylation sites is 1. The first-order valence-electron chi connectivity index (χ1n) is 12.7. The van der Waals surface area contributed by atoms with Crippen molar-refractivity contribution in [3.8, 4) is 11.5 Å². The van der Waals surface area contributed by atoms with E-state index in [0.29, 0.717) is 37.6 Å². The fraction of sp³-hybridized carbons (Fsp3) is 0.290. The summed E-state index contributed by atoms with van der Waals surface area (Å²) in [7, 11) is 3.82. The van der Waals surface area contributed by atoms with Crippen molar-refractivity contribution in [3.05, 3.63) is 101 Å². The first kappa shape index (κ1) is 26.9. The first-order valence-corrected chi connectivity index (χ1v) is 12.7. The Labute approximate surface area is 223 Å². The molecule has 3 aromatic carbocycles. The van der Waals surface area contributed by atoms with Gasteiger partial charge in [0.25, 0.3) is 11.7 Å². The van der Waals surface area contributed by atoms with Gasteiger partial charge in [-0.25, -0.2) is 0 Å². The normalized spacial score (nSPS) is 16.8. The molecule has 0 radical (unpaired) electrons. The maximum Gasteiger partial charge on any atom is 0.295 e. The quantitative estimate of drug-likeness (QED) is 0.182. The minimum Gasteiger partial charge on any atom is -0.507 e. The summed E-state index contributed by atoms with van der Waals surface area (Å²) in [6.45, 7) is 5.63. The van der Waals surface area contributed by atoms with Gasteiger partial charge in [-0.2, -0.15) is 0 Å². The molecule has 1 saturated heterocycles. The molecule has 1 aliphatic rings. The zero-order chi connectivity index (χ0) is 27.2. The van der Waals surface area contributed by atoms with E-state index >= 15 is 0 Å². The molecule has 0 spiro atoms. The lowest BCUT2D eigenvalue weighted by atomic mass is 9.95. The molecule has 1 unspecified atom stereocenters. The number of aliphatic hydroxyl groups is 1. The first-order chi connectivity index (χ1) is 18.3. The summed E-state index contributed by atoms with van der Waals surface area (Å²) < 4.78 is 11.6. The van der Waals surface area contributed by atoms with E-state index in [0.717, 1.165) is 22.4 Å². The van der Waals surface area contributed by atoms with Crippen molar-refractivity contribution in [1.29, 1.82) is 0 Å². The molecule has 198 valence electrons. The average Bonchev–Trinajstić information content (AvgIpc) is 3.16. The molecule has 0 saturated carbocycles. The number of aliphatic hydroxyl groups excluding tert-OH is 1. The molecule has 0 bridgehead atoms. The number of amides is 1. The van der Waals surface area contributed by atoms with Crippen LogP contribution in [0.2, 0.25) is 0 Å². The summed E-state index contributed by atoms with van der Waals surface area (Å²) in [5, 5.41) is 11.2. The lowest BCUT2D eigenvalue weighted by Gasteiger charge is -2.26. The van der Waals surface area contributed by atoms with E-state index in [4.69, 9.17) is 9.47 Å². The summed E-state index contributed by atoms with van der Waals surface area (Å²) in [6, 6.07) is 21.6. The van der Waals surface area contributed by atoms with Crippen molar-refractivity contribution in [1.82, 2.24) is 9.80 Å². The monoisotopic (exact) mass is 514 g/mol. The molecule has 3 aromatic rings. The molecule has 1 heterocycles. The third kappa shape index (κ3) is 6.06. The number of carbonyl (C=O) groups excluding carboxylic acids is 2. The van der Waals surface area contributed by atoms with Gasteiger partial charge in [0, 0.05) is 18.7 Å². The maximum atomic E-state index is 13.1. The summed E-state index contributed by atoms with van der Waals surface area (Å²) in [4.78, 5) is 29.7. The van der Waals surface area contributed by atoms with Gasteiger partial charge in [0.2, 0.25) is 0 Å². The van der Waals surface area contributed by atoms with Crippen molar-refractivity contribution in [2.75, 3.05) is 40.4 Å². The molecule has 1 aliphatic heterocycles. The van der Waals surface area contributed by atoms with E-state index in [1.807, 2.05) is 81.4 Å². The van der Waals surface area contributed by atoms with Crippen LogP contribution in [0.1, 0.15) is 28.3 Å². The summed E-state index contributed by atoms with van der Waals surface area (Å²) in [6.07, 6.45) is 0. The standard InChI is InChI=1S/C31H34N2O5/c1-21-9-11-24(12-10-21)29(34)27-28(33(18-17-32(3)4)31(36)30(27)35)23-13-15-25(16-14-23)37-19-20-38-26-8-6-5-7-22(26)2/h5-16,28,34H,17-20H2,1-4H3/b29-27-. The molecular weight excluding hydrogens is 480 g/mol. The predicted octanol–water partition coefficient (Wildman–Crippen LogP) is 4.74. The van der Waals surface area contributed by atoms with Crippen LogP contribution < -0.4 is 9.47 Å². The van der Waals surface area contributed by atoms with E-state index in [-0.39, 0.29) is 11.3 Å². The fourth-order valence-electron chi connectivity index (χ4n) is 4.41. The third-order valence-corrected chi connectivity index (χ3v) is 6.55. The highest BCUT2D eigenvalue weighted by Gasteiger charge is 2.45. The number of aryl methyl sites for hydroxylation is 2. The largest absolute Gasteiger partial charge is 0.507 e. The van der Waals surface area contributed by atoms with Crippen LogP contribution in [0.4, 0.5) is 0 Å². The average molecular weight is 515 g/mol. The Kier molecular flexibility index (Phi) is 8.48. The number of carbonyl (C=O) groups is 2. The van der Waals surface area contributed by atoms with E-state index < -0.39 is 17.7 Å². The Morgan fingerprint density at radius 1 is 0.895 bits per heavy atom. The van der Waals surface area contributed by atoms with Crippen molar-refractivity contribution in [2.45, 2.75) is 19.9 Å². The second kappa shape index (κ2) is 12.0. The second-order valence-electron chi connectivity index (χ2n) is 9.69. The number of likely N-dealkylation sites (N-methyl/N-ethyl adjacent to an activating group) is 1. The molecule has 1 atom stereocenters. The number of benzene rings is 3. The minimum atomic E-state index is -0.699. The van der Waals surface area contributed by atoms with Gasteiger partial charge >= 0.3 is 0 Å². The van der Waals surface area contributed by atoms with Gasteiger partial charge in [-0.05, 0) is 57.3 Å². The van der Waals surface area contributed by atoms with Gasteiger partial charge in [0.1, 0.15) is 30.5 Å². The van der Waals surface area contributed by atoms with Crippen LogP contribution in [0, 0.1) is 13.8 Å². The summed E-state index contributed by atoms with van der Waals surface area (Å²) in [5.74, 6) is 0.00697. The molecule has 7 heteroatoms. The number of ketones is 1. The number of hydrogen-bond acceptors (Lipinski definition) is 6. The number of Topliss-reactive ketones (excluding diaryl/α,β-unsaturated/α-hetero) is 1. The highest BCUT2D eigenvalue weighted by molar-refractivity contribution is 6.46. The van der Waals surface area contributed by atoms with Gasteiger partial charge in [-0.15, -0.1) is 0 Å². The molecule has 1 N–H and O–H groups in total. The zero-order valence-corrected chi connectivity index (χ0v) is 22.3. The van der Waals surface area contributed by atoms with Crippen LogP contribution in [0.3, 0.4) is 0 Å². The van der Waals surface area contributed by atoms with Crippen LogP contribution >= 0.6 is 0 Å². The Morgan fingerprint density at radius 2 is 1.55 bits per heavy atom. The van der Waals surface area contributed by atoms with E-state index in [1.54, 1.807) is 24.3 Å². The molecule has 38 heavy (non-hydrogen) atoms. The van der Waals surface area contributed by atoms with Gasteiger partial charge in [-0.1, -0.05) is 60.2 Å². The van der Waals surface area contributed by atoms with Crippen molar-refractivity contribution in [2.24, 2.45) is 0 Å². The van der Waals surface area contributed by atoms with Crippen molar-refractivity contribution < 1.29 is 24.2 Å². The van der Waals surface area contributed by atoms with Crippen LogP contribution in [0.15, 0.2) is 78.4 Å². The van der Waals surface area contributed by atoms with Gasteiger partial charge in [-0.3, -0.25) is 9.59 Å². The van der Waals surface area contributed by atoms with Gasteiger partial charge < -0.3 is 24.4 Å². The van der Waals surface area contributed by atoms with Crippen LogP contribution in [-0.2, 0) is 9.59 Å². The third-order valence-electron chi connectivity index (χ3n) is 6.55. The second-order valence-corrected chi connectivity index (χ2v) is 9.69. The Morgan fingerprint density at radius 3 is 2.21 bits per heavy atom. The molecular formula is C31H34N2O5. The highest BCUT2D eigenvalue weighted by Crippen LogP contribution is 2.39. The molecule has 4 rings (SSSR count). The molecule has 1 fully saturated rings. The number of likely N-dealkylation sites (tertiary alicyclic amines) is 1. The number of hydrogen-bond donors (Lipinski definition) is 1. The number of rotatable bonds is 10. The predicted molar refractivity (Wildman–Crippen MR) is 147 cm³/mol. The Balaban J connectivity index is 1.55. The highest BCUT2D eigenvalue weighted by atomic mass is 16.5. The fourth-order valence-corrected chi connectivity index (χ4v) is 4.41. The van der Waals surface area contributed by atoms with Crippen molar-refractivity contribution in [3.63, 3.8) is 0 Å². The van der Waals surface area contributed by atoms with E-state index in [2.05, 4.69) is 0 Å². The Bertz CT molecular complexity index is 1310. The van der Waals surface area contributed by atoms with Gasteiger partial charge in [0.05, 0.1) is 11.6 Å². The lowest BCUT2D eigenvalue weighted by Crippen LogP contribution is -2.35. The van der Waals surface area contributed by atoms with E-state index in [1.165, 1.54) is 4.90 Å². The topological polar surface area (TPSA) is 79.3 Å².